The van der Waals surface area contributed by atoms with Crippen LogP contribution in [0.25, 0.3) is 5.82 Å². The number of aromatic nitrogens is 4. The van der Waals surface area contributed by atoms with Gasteiger partial charge in [-0.3, -0.25) is 9.69 Å². The smallest absolute Gasteiger partial charge is 0.240 e. The first-order valence-electron chi connectivity index (χ1n) is 10.6. The molecule has 5 heterocycles. The molecule has 3 saturated heterocycles. The van der Waals surface area contributed by atoms with Crippen molar-refractivity contribution in [2.45, 2.75) is 25.4 Å². The number of hydrogen-bond acceptors (Lipinski definition) is 8. The third-order valence-electron chi connectivity index (χ3n) is 6.22. The molecule has 160 valence electrons. The predicted octanol–water partition coefficient (Wildman–Crippen LogP) is 0.356. The molecule has 0 saturated carbocycles. The number of carbonyl (C=O) groups is 1. The molecule has 10 heteroatoms. The number of anilines is 1. The van der Waals surface area contributed by atoms with E-state index in [9.17, 15) is 4.79 Å². The molecular weight excluding hydrogens is 400 g/mol. The molecule has 1 amide bonds. The summed E-state index contributed by atoms with van der Waals surface area (Å²) in [7, 11) is 0. The van der Waals surface area contributed by atoms with Crippen LogP contribution < -0.4 is 10.2 Å². The van der Waals surface area contributed by atoms with E-state index in [0.29, 0.717) is 6.04 Å². The van der Waals surface area contributed by atoms with Crippen LogP contribution in [0.1, 0.15) is 12.1 Å². The number of aryl methyl sites for hydroxylation is 1. The second-order valence-corrected chi connectivity index (χ2v) is 9.21. The highest BCUT2D eigenvalue weighted by Gasteiger charge is 2.37. The zero-order valence-corrected chi connectivity index (χ0v) is 18.1. The Morgan fingerprint density at radius 2 is 2.10 bits per heavy atom. The van der Waals surface area contributed by atoms with Gasteiger partial charge in [0.05, 0.1) is 17.6 Å². The number of nitrogens with zero attached hydrogens (tertiary/aromatic N) is 7. The normalized spacial score (nSPS) is 25.2. The summed E-state index contributed by atoms with van der Waals surface area (Å²) in [5.41, 5.74) is 0.979. The van der Waals surface area contributed by atoms with Gasteiger partial charge >= 0.3 is 0 Å². The molecule has 0 aromatic carbocycles. The molecular formula is C20H28N8OS. The van der Waals surface area contributed by atoms with Crippen molar-refractivity contribution in [3.63, 3.8) is 0 Å². The molecule has 0 radical (unpaired) electrons. The van der Waals surface area contributed by atoms with E-state index in [1.165, 1.54) is 0 Å². The summed E-state index contributed by atoms with van der Waals surface area (Å²) in [6.07, 6.45) is 4.21. The summed E-state index contributed by atoms with van der Waals surface area (Å²) in [4.78, 5) is 28.0. The number of rotatable bonds is 4. The second kappa shape index (κ2) is 8.52. The number of amides is 1. The molecule has 30 heavy (non-hydrogen) atoms. The van der Waals surface area contributed by atoms with Crippen molar-refractivity contribution in [2.75, 3.05) is 55.8 Å². The van der Waals surface area contributed by atoms with Crippen LogP contribution in [0.3, 0.4) is 0 Å². The molecule has 0 bridgehead atoms. The van der Waals surface area contributed by atoms with Crippen LogP contribution in [0, 0.1) is 6.92 Å². The van der Waals surface area contributed by atoms with Gasteiger partial charge in [-0.15, -0.1) is 11.8 Å². The van der Waals surface area contributed by atoms with Crippen LogP contribution in [-0.2, 0) is 4.79 Å². The van der Waals surface area contributed by atoms with Gasteiger partial charge in [-0.1, -0.05) is 0 Å². The lowest BCUT2D eigenvalue weighted by atomic mass is 10.1. The molecule has 3 aliphatic heterocycles. The van der Waals surface area contributed by atoms with Crippen LogP contribution in [-0.4, -0.2) is 98.4 Å². The van der Waals surface area contributed by atoms with E-state index >= 15 is 0 Å². The lowest BCUT2D eigenvalue weighted by molar-refractivity contribution is -0.131. The van der Waals surface area contributed by atoms with Crippen molar-refractivity contribution in [1.29, 1.82) is 0 Å². The van der Waals surface area contributed by atoms with E-state index in [2.05, 4.69) is 36.2 Å². The first-order chi connectivity index (χ1) is 14.7. The quantitative estimate of drug-likeness (QED) is 0.747. The first kappa shape index (κ1) is 19.8. The summed E-state index contributed by atoms with van der Waals surface area (Å²) in [5, 5.41) is 8.11. The third-order valence-corrected chi connectivity index (χ3v) is 7.19. The molecule has 5 rings (SSSR count). The van der Waals surface area contributed by atoms with Gasteiger partial charge in [-0.25, -0.2) is 9.97 Å². The number of piperazine rings is 1. The van der Waals surface area contributed by atoms with E-state index in [1.807, 2.05) is 34.3 Å². The predicted molar refractivity (Wildman–Crippen MR) is 117 cm³/mol. The summed E-state index contributed by atoms with van der Waals surface area (Å²) in [5.74, 6) is 4.06. The van der Waals surface area contributed by atoms with Gasteiger partial charge in [0.2, 0.25) is 5.91 Å². The Balaban J connectivity index is 1.20. The topological polar surface area (TPSA) is 82.4 Å². The molecule has 0 aliphatic carbocycles. The summed E-state index contributed by atoms with van der Waals surface area (Å²) < 4.78 is 1.91. The highest BCUT2D eigenvalue weighted by Crippen LogP contribution is 2.24. The minimum atomic E-state index is -0.0198. The van der Waals surface area contributed by atoms with Gasteiger partial charge in [0.25, 0.3) is 0 Å². The van der Waals surface area contributed by atoms with E-state index in [1.54, 1.807) is 12.5 Å². The highest BCUT2D eigenvalue weighted by molar-refractivity contribution is 7.99. The van der Waals surface area contributed by atoms with Crippen molar-refractivity contribution in [3.05, 3.63) is 30.4 Å². The fourth-order valence-electron chi connectivity index (χ4n) is 4.60. The number of carbonyl (C=O) groups excluding carboxylic acids is 1. The van der Waals surface area contributed by atoms with Crippen molar-refractivity contribution in [1.82, 2.24) is 34.9 Å². The van der Waals surface area contributed by atoms with Crippen molar-refractivity contribution in [3.8, 4) is 5.82 Å². The molecule has 1 N–H and O–H groups in total. The number of thioether (sulfide) groups is 1. The lowest BCUT2D eigenvalue weighted by Gasteiger charge is -2.38. The van der Waals surface area contributed by atoms with E-state index in [4.69, 9.17) is 0 Å². The van der Waals surface area contributed by atoms with E-state index in [0.717, 1.165) is 74.6 Å². The first-order valence-corrected chi connectivity index (χ1v) is 11.8. The summed E-state index contributed by atoms with van der Waals surface area (Å²) >= 11 is 1.84. The molecule has 9 nitrogen and oxygen atoms in total. The largest absolute Gasteiger partial charge is 0.354 e. The lowest BCUT2D eigenvalue weighted by Crippen LogP contribution is -2.51. The monoisotopic (exact) mass is 428 g/mol. The van der Waals surface area contributed by atoms with Gasteiger partial charge in [-0.05, 0) is 13.3 Å². The zero-order chi connectivity index (χ0) is 20.5. The Morgan fingerprint density at radius 3 is 2.83 bits per heavy atom. The number of hydrogen-bond donors (Lipinski definition) is 1. The van der Waals surface area contributed by atoms with Crippen LogP contribution in [0.4, 0.5) is 5.82 Å². The minimum Gasteiger partial charge on any atom is -0.354 e. The van der Waals surface area contributed by atoms with Gasteiger partial charge in [-0.2, -0.15) is 9.78 Å². The Kier molecular flexibility index (Phi) is 5.62. The maximum atomic E-state index is 12.7. The van der Waals surface area contributed by atoms with Gasteiger partial charge in [0.1, 0.15) is 12.1 Å². The second-order valence-electron chi connectivity index (χ2n) is 8.14. The molecule has 0 unspecified atom stereocenters. The van der Waals surface area contributed by atoms with Crippen LogP contribution >= 0.6 is 11.8 Å². The molecule has 0 spiro atoms. The average Bonchev–Trinajstić information content (AvgIpc) is 3.55. The number of nitrogens with one attached hydrogen (secondary N) is 1. The third kappa shape index (κ3) is 3.91. The molecule has 2 atom stereocenters. The zero-order valence-electron chi connectivity index (χ0n) is 17.3. The minimum absolute atomic E-state index is 0.0198. The van der Waals surface area contributed by atoms with Crippen molar-refractivity contribution >= 4 is 23.5 Å². The molecule has 3 aliphatic rings. The van der Waals surface area contributed by atoms with Crippen LogP contribution in [0.15, 0.2) is 24.7 Å². The van der Waals surface area contributed by atoms with E-state index < -0.39 is 0 Å². The molecule has 2 aromatic rings. The maximum Gasteiger partial charge on any atom is 0.240 e. The SMILES string of the molecule is Cc1cc(N2CCN([C@@H]3CN[C@H](C(=O)N4CCSC4)C3)CC2)n(-c2ccncn2)n1. The van der Waals surface area contributed by atoms with Gasteiger partial charge < -0.3 is 15.1 Å². The standard InChI is InChI=1S/C20H28N8OS/c1-15-10-19(28(24-15)18-2-3-21-13-23-18)26-6-4-25(5-7-26)16-11-17(22-12-16)20(29)27-8-9-30-14-27/h2-3,10,13,16-17,22H,4-9,11-12,14H2,1H3/t16-,17-/m0/s1. The van der Waals surface area contributed by atoms with Gasteiger partial charge in [0, 0.05) is 69.4 Å². The van der Waals surface area contributed by atoms with E-state index in [-0.39, 0.29) is 11.9 Å². The highest BCUT2D eigenvalue weighted by atomic mass is 32.2. The van der Waals surface area contributed by atoms with Gasteiger partial charge in [0.15, 0.2) is 5.82 Å². The Morgan fingerprint density at radius 1 is 1.23 bits per heavy atom. The fourth-order valence-corrected chi connectivity index (χ4v) is 5.55. The fraction of sp³-hybridized carbons (Fsp3) is 0.600. The van der Waals surface area contributed by atoms with Crippen LogP contribution in [0.2, 0.25) is 0 Å². The van der Waals surface area contributed by atoms with Crippen molar-refractivity contribution < 1.29 is 4.79 Å². The van der Waals surface area contributed by atoms with Crippen molar-refractivity contribution in [2.24, 2.45) is 0 Å². The maximum absolute atomic E-state index is 12.7. The Hall–Kier alpha value is -2.17. The summed E-state index contributed by atoms with van der Waals surface area (Å²) in [6.45, 7) is 7.65. The molecule has 2 aromatic heterocycles. The summed E-state index contributed by atoms with van der Waals surface area (Å²) in [6, 6.07) is 4.42. The van der Waals surface area contributed by atoms with Crippen LogP contribution in [0.5, 0.6) is 0 Å². The Labute approximate surface area is 180 Å². The average molecular weight is 429 g/mol. The molecule has 3 fully saturated rings. The Bertz CT molecular complexity index is 876.